The number of hydrogen-bond acceptors (Lipinski definition) is 4. The predicted molar refractivity (Wildman–Crippen MR) is 75.6 cm³/mol. The smallest absolute Gasteiger partial charge is 0.188 e. The summed E-state index contributed by atoms with van der Waals surface area (Å²) in [7, 11) is 0. The normalized spacial score (nSPS) is 12.4. The summed E-state index contributed by atoms with van der Waals surface area (Å²) in [5, 5.41) is 0.985. The van der Waals surface area contributed by atoms with E-state index in [1.165, 1.54) is 11.1 Å². The van der Waals surface area contributed by atoms with E-state index in [0.717, 1.165) is 10.9 Å². The number of nitrogens with zero attached hydrogens (tertiary/aromatic N) is 2. The Hall–Kier alpha value is -1.39. The molecule has 0 aliphatic carbocycles. The van der Waals surface area contributed by atoms with E-state index in [1.54, 1.807) is 18.0 Å². The fourth-order valence-corrected chi connectivity index (χ4v) is 2.68. The molecular weight excluding hydrogens is 242 g/mol. The van der Waals surface area contributed by atoms with Gasteiger partial charge in [-0.3, -0.25) is 0 Å². The predicted octanol–water partition coefficient (Wildman–Crippen LogP) is 2.89. The maximum Gasteiger partial charge on any atom is 0.188 e. The zero-order valence-electron chi connectivity index (χ0n) is 10.6. The molecule has 18 heavy (non-hydrogen) atoms. The van der Waals surface area contributed by atoms with Crippen LogP contribution in [0.4, 0.5) is 0 Å². The van der Waals surface area contributed by atoms with E-state index in [-0.39, 0.29) is 5.25 Å². The van der Waals surface area contributed by atoms with Crippen molar-refractivity contribution in [3.63, 3.8) is 0 Å². The molecule has 1 aromatic carbocycles. The lowest BCUT2D eigenvalue weighted by molar-refractivity contribution is 0.894. The summed E-state index contributed by atoms with van der Waals surface area (Å²) < 4.78 is 0. The summed E-state index contributed by atoms with van der Waals surface area (Å²) in [4.78, 5) is 8.68. The Labute approximate surface area is 112 Å². The van der Waals surface area contributed by atoms with Crippen molar-refractivity contribution >= 4 is 11.8 Å². The molecule has 0 bridgehead atoms. The number of hydrogen-bond donors (Lipinski definition) is 1. The summed E-state index contributed by atoms with van der Waals surface area (Å²) >= 11 is 1.62. The van der Waals surface area contributed by atoms with Crippen molar-refractivity contribution in [2.24, 2.45) is 5.73 Å². The van der Waals surface area contributed by atoms with Crippen LogP contribution < -0.4 is 5.73 Å². The van der Waals surface area contributed by atoms with Crippen molar-refractivity contribution in [3.8, 4) is 0 Å². The third kappa shape index (κ3) is 3.31. The average Bonchev–Trinajstić information content (AvgIpc) is 2.36. The number of thioether (sulfide) groups is 1. The minimum absolute atomic E-state index is 0.201. The van der Waals surface area contributed by atoms with E-state index in [1.807, 2.05) is 13.0 Å². The molecule has 2 N–H and O–H groups in total. The van der Waals surface area contributed by atoms with E-state index < -0.39 is 0 Å². The SMILES string of the molecule is Cc1cccc(C(CN)Sc2nccc(C)n2)c1. The molecule has 1 atom stereocenters. The third-order valence-corrected chi connectivity index (χ3v) is 3.81. The van der Waals surface area contributed by atoms with Gasteiger partial charge in [-0.05, 0) is 25.5 Å². The van der Waals surface area contributed by atoms with Crippen LogP contribution in [-0.4, -0.2) is 16.5 Å². The van der Waals surface area contributed by atoms with Crippen molar-refractivity contribution in [2.75, 3.05) is 6.54 Å². The highest BCUT2D eigenvalue weighted by Gasteiger charge is 2.13. The van der Waals surface area contributed by atoms with Crippen molar-refractivity contribution in [1.82, 2.24) is 9.97 Å². The maximum absolute atomic E-state index is 5.86. The lowest BCUT2D eigenvalue weighted by Gasteiger charge is -2.14. The first-order valence-electron chi connectivity index (χ1n) is 5.92. The van der Waals surface area contributed by atoms with E-state index in [4.69, 9.17) is 5.73 Å². The molecule has 94 valence electrons. The molecule has 2 aromatic rings. The highest BCUT2D eigenvalue weighted by molar-refractivity contribution is 7.99. The van der Waals surface area contributed by atoms with Crippen LogP contribution in [0.25, 0.3) is 0 Å². The van der Waals surface area contributed by atoms with Crippen molar-refractivity contribution < 1.29 is 0 Å². The molecular formula is C14H17N3S. The Kier molecular flexibility index (Phi) is 4.33. The Morgan fingerprint density at radius 3 is 2.78 bits per heavy atom. The van der Waals surface area contributed by atoms with Crippen LogP contribution in [0.2, 0.25) is 0 Å². The Balaban J connectivity index is 2.19. The zero-order chi connectivity index (χ0) is 13.0. The molecule has 0 fully saturated rings. The topological polar surface area (TPSA) is 51.8 Å². The van der Waals surface area contributed by atoms with Gasteiger partial charge in [0.15, 0.2) is 5.16 Å². The van der Waals surface area contributed by atoms with Gasteiger partial charge >= 0.3 is 0 Å². The van der Waals surface area contributed by atoms with E-state index >= 15 is 0 Å². The van der Waals surface area contributed by atoms with Gasteiger partial charge in [-0.2, -0.15) is 0 Å². The fourth-order valence-electron chi connectivity index (χ4n) is 1.73. The van der Waals surface area contributed by atoms with Gasteiger partial charge in [0.2, 0.25) is 0 Å². The molecule has 0 aliphatic rings. The lowest BCUT2D eigenvalue weighted by Crippen LogP contribution is -2.10. The van der Waals surface area contributed by atoms with Crippen LogP contribution in [0, 0.1) is 13.8 Å². The minimum atomic E-state index is 0.201. The summed E-state index contributed by atoms with van der Waals surface area (Å²) in [6.07, 6.45) is 1.79. The number of nitrogens with two attached hydrogens (primary N) is 1. The average molecular weight is 259 g/mol. The summed E-state index contributed by atoms with van der Waals surface area (Å²) in [5.41, 5.74) is 9.32. The minimum Gasteiger partial charge on any atom is -0.329 e. The lowest BCUT2D eigenvalue weighted by atomic mass is 10.1. The van der Waals surface area contributed by atoms with Gasteiger partial charge in [0.05, 0.1) is 0 Å². The number of rotatable bonds is 4. The fraction of sp³-hybridized carbons (Fsp3) is 0.286. The number of benzene rings is 1. The molecule has 3 nitrogen and oxygen atoms in total. The van der Waals surface area contributed by atoms with E-state index in [0.29, 0.717) is 6.54 Å². The second-order valence-electron chi connectivity index (χ2n) is 4.24. The Bertz CT molecular complexity index is 528. The van der Waals surface area contributed by atoms with Gasteiger partial charge in [0, 0.05) is 23.7 Å². The first-order valence-corrected chi connectivity index (χ1v) is 6.80. The molecule has 0 spiro atoms. The standard InChI is InChI=1S/C14H17N3S/c1-10-4-3-5-12(8-10)13(9-15)18-14-16-7-6-11(2)17-14/h3-8,13H,9,15H2,1-2H3. The Morgan fingerprint density at radius 2 is 2.11 bits per heavy atom. The molecule has 0 radical (unpaired) electrons. The quantitative estimate of drug-likeness (QED) is 0.677. The maximum atomic E-state index is 5.86. The highest BCUT2D eigenvalue weighted by Crippen LogP contribution is 2.32. The second-order valence-corrected chi connectivity index (χ2v) is 5.41. The second kappa shape index (κ2) is 5.98. The van der Waals surface area contributed by atoms with E-state index in [2.05, 4.69) is 41.2 Å². The first-order chi connectivity index (χ1) is 8.69. The largest absolute Gasteiger partial charge is 0.329 e. The van der Waals surface area contributed by atoms with Gasteiger partial charge in [-0.1, -0.05) is 41.6 Å². The molecule has 4 heteroatoms. The highest BCUT2D eigenvalue weighted by atomic mass is 32.2. The molecule has 0 amide bonds. The van der Waals surface area contributed by atoms with Crippen LogP contribution in [-0.2, 0) is 0 Å². The molecule has 2 rings (SSSR count). The first kappa shape index (κ1) is 13.1. The number of aryl methyl sites for hydroxylation is 2. The van der Waals surface area contributed by atoms with Crippen molar-refractivity contribution in [3.05, 3.63) is 53.3 Å². The van der Waals surface area contributed by atoms with Crippen LogP contribution >= 0.6 is 11.8 Å². The van der Waals surface area contributed by atoms with Gasteiger partial charge in [0.25, 0.3) is 0 Å². The molecule has 0 saturated carbocycles. The van der Waals surface area contributed by atoms with Crippen LogP contribution in [0.1, 0.15) is 22.1 Å². The van der Waals surface area contributed by atoms with Gasteiger partial charge in [0.1, 0.15) is 0 Å². The van der Waals surface area contributed by atoms with Gasteiger partial charge in [-0.15, -0.1) is 0 Å². The summed E-state index contributed by atoms with van der Waals surface area (Å²) in [6.45, 7) is 4.63. The molecule has 0 saturated heterocycles. The molecule has 0 aliphatic heterocycles. The van der Waals surface area contributed by atoms with Crippen molar-refractivity contribution in [2.45, 2.75) is 24.3 Å². The molecule has 1 unspecified atom stereocenters. The van der Waals surface area contributed by atoms with Crippen LogP contribution in [0.5, 0.6) is 0 Å². The zero-order valence-corrected chi connectivity index (χ0v) is 11.4. The molecule has 1 aromatic heterocycles. The Morgan fingerprint density at radius 1 is 1.28 bits per heavy atom. The van der Waals surface area contributed by atoms with Crippen LogP contribution in [0.3, 0.4) is 0 Å². The molecule has 1 heterocycles. The van der Waals surface area contributed by atoms with Crippen molar-refractivity contribution in [1.29, 1.82) is 0 Å². The van der Waals surface area contributed by atoms with E-state index in [9.17, 15) is 0 Å². The third-order valence-electron chi connectivity index (χ3n) is 2.65. The van der Waals surface area contributed by atoms with Gasteiger partial charge in [-0.25, -0.2) is 9.97 Å². The summed E-state index contributed by atoms with van der Waals surface area (Å²) in [6, 6.07) is 10.3. The summed E-state index contributed by atoms with van der Waals surface area (Å²) in [5.74, 6) is 0. The monoisotopic (exact) mass is 259 g/mol. The number of aromatic nitrogens is 2. The van der Waals surface area contributed by atoms with Gasteiger partial charge < -0.3 is 5.73 Å². The van der Waals surface area contributed by atoms with Crippen LogP contribution in [0.15, 0.2) is 41.7 Å².